The standard InChI is InChI=1S/C12H21NO/c1-8-4-5-10(3)11(12(13)14)7-6-9(8)2/h10-11H,4-7H2,1-3H3,(H2,13,14)/b9-8-/t10?,11-/m0/s1. The maximum atomic E-state index is 11.2. The van der Waals surface area contributed by atoms with Gasteiger partial charge in [0.05, 0.1) is 0 Å². The predicted molar refractivity (Wildman–Crippen MR) is 58.7 cm³/mol. The second-order valence-corrected chi connectivity index (χ2v) is 4.62. The fourth-order valence-electron chi connectivity index (χ4n) is 2.15. The monoisotopic (exact) mass is 195 g/mol. The number of allylic oxidation sites excluding steroid dienone is 2. The zero-order chi connectivity index (χ0) is 10.7. The highest BCUT2D eigenvalue weighted by Crippen LogP contribution is 2.30. The molecule has 1 unspecified atom stereocenters. The molecule has 0 heterocycles. The molecular weight excluding hydrogens is 174 g/mol. The van der Waals surface area contributed by atoms with Gasteiger partial charge in [0.25, 0.3) is 0 Å². The van der Waals surface area contributed by atoms with Crippen molar-refractivity contribution in [3.05, 3.63) is 11.1 Å². The van der Waals surface area contributed by atoms with Gasteiger partial charge >= 0.3 is 0 Å². The van der Waals surface area contributed by atoms with Gasteiger partial charge in [0.15, 0.2) is 0 Å². The summed E-state index contributed by atoms with van der Waals surface area (Å²) in [7, 11) is 0. The molecule has 1 amide bonds. The van der Waals surface area contributed by atoms with E-state index in [-0.39, 0.29) is 11.8 Å². The van der Waals surface area contributed by atoms with Gasteiger partial charge in [-0.2, -0.15) is 0 Å². The van der Waals surface area contributed by atoms with Crippen LogP contribution in [0.15, 0.2) is 11.1 Å². The Hall–Kier alpha value is -0.790. The number of amides is 1. The van der Waals surface area contributed by atoms with Crippen LogP contribution in [0.3, 0.4) is 0 Å². The van der Waals surface area contributed by atoms with Gasteiger partial charge in [-0.25, -0.2) is 0 Å². The van der Waals surface area contributed by atoms with Crippen molar-refractivity contribution in [3.8, 4) is 0 Å². The summed E-state index contributed by atoms with van der Waals surface area (Å²) in [5.74, 6) is 0.401. The van der Waals surface area contributed by atoms with Crippen molar-refractivity contribution in [1.29, 1.82) is 0 Å². The van der Waals surface area contributed by atoms with Crippen LogP contribution in [0.5, 0.6) is 0 Å². The summed E-state index contributed by atoms with van der Waals surface area (Å²) >= 11 is 0. The Balaban J connectivity index is 2.74. The molecule has 0 radical (unpaired) electrons. The van der Waals surface area contributed by atoms with E-state index in [9.17, 15) is 4.79 Å². The lowest BCUT2D eigenvalue weighted by Crippen LogP contribution is -2.29. The molecule has 1 rings (SSSR count). The second kappa shape index (κ2) is 4.63. The van der Waals surface area contributed by atoms with E-state index in [0.29, 0.717) is 5.92 Å². The van der Waals surface area contributed by atoms with Crippen molar-refractivity contribution < 1.29 is 4.79 Å². The summed E-state index contributed by atoms with van der Waals surface area (Å²) in [5.41, 5.74) is 8.35. The van der Waals surface area contributed by atoms with E-state index >= 15 is 0 Å². The fourth-order valence-corrected chi connectivity index (χ4v) is 2.15. The first-order chi connectivity index (χ1) is 6.52. The molecule has 2 nitrogen and oxygen atoms in total. The number of primary amides is 1. The molecule has 0 saturated heterocycles. The number of carbonyl (C=O) groups is 1. The Morgan fingerprint density at radius 2 is 1.71 bits per heavy atom. The van der Waals surface area contributed by atoms with Crippen LogP contribution in [0.2, 0.25) is 0 Å². The number of hydrogen-bond donors (Lipinski definition) is 1. The maximum absolute atomic E-state index is 11.2. The molecule has 0 saturated carbocycles. The molecular formula is C12H21NO. The third-order valence-electron chi connectivity index (χ3n) is 3.59. The smallest absolute Gasteiger partial charge is 0.220 e. The Labute approximate surface area is 86.6 Å². The van der Waals surface area contributed by atoms with Gasteiger partial charge < -0.3 is 5.73 Å². The van der Waals surface area contributed by atoms with Crippen LogP contribution in [0.1, 0.15) is 46.5 Å². The van der Waals surface area contributed by atoms with Crippen molar-refractivity contribution in [2.45, 2.75) is 46.5 Å². The highest BCUT2D eigenvalue weighted by Gasteiger charge is 2.24. The Kier molecular flexibility index (Phi) is 3.73. The first-order valence-electron chi connectivity index (χ1n) is 5.47. The molecule has 0 spiro atoms. The van der Waals surface area contributed by atoms with Crippen molar-refractivity contribution in [2.24, 2.45) is 17.6 Å². The van der Waals surface area contributed by atoms with Gasteiger partial charge in [-0.1, -0.05) is 18.1 Å². The molecule has 80 valence electrons. The van der Waals surface area contributed by atoms with Crippen molar-refractivity contribution >= 4 is 5.91 Å². The minimum Gasteiger partial charge on any atom is -0.369 e. The van der Waals surface area contributed by atoms with Crippen LogP contribution in [0.4, 0.5) is 0 Å². The van der Waals surface area contributed by atoms with E-state index in [1.54, 1.807) is 0 Å². The number of rotatable bonds is 1. The van der Waals surface area contributed by atoms with E-state index in [1.165, 1.54) is 11.1 Å². The quantitative estimate of drug-likeness (QED) is 0.642. The summed E-state index contributed by atoms with van der Waals surface area (Å²) < 4.78 is 0. The summed E-state index contributed by atoms with van der Waals surface area (Å²) in [6.45, 7) is 6.51. The van der Waals surface area contributed by atoms with Gasteiger partial charge in [-0.15, -0.1) is 0 Å². The lowest BCUT2D eigenvalue weighted by molar-refractivity contribution is -0.123. The first-order valence-corrected chi connectivity index (χ1v) is 5.47. The Bertz CT molecular complexity index is 255. The predicted octanol–water partition coefficient (Wildman–Crippen LogP) is 2.63. The zero-order valence-corrected chi connectivity index (χ0v) is 9.47. The van der Waals surface area contributed by atoms with E-state index in [2.05, 4.69) is 20.8 Å². The molecule has 2 atom stereocenters. The third-order valence-corrected chi connectivity index (χ3v) is 3.59. The van der Waals surface area contributed by atoms with Crippen LogP contribution in [0.25, 0.3) is 0 Å². The van der Waals surface area contributed by atoms with Gasteiger partial charge in [0, 0.05) is 5.92 Å². The number of hydrogen-bond acceptors (Lipinski definition) is 1. The molecule has 1 aliphatic carbocycles. The topological polar surface area (TPSA) is 43.1 Å². The van der Waals surface area contributed by atoms with Gasteiger partial charge in [0.1, 0.15) is 0 Å². The van der Waals surface area contributed by atoms with Crippen molar-refractivity contribution in [3.63, 3.8) is 0 Å². The van der Waals surface area contributed by atoms with Crippen LogP contribution in [-0.2, 0) is 4.79 Å². The van der Waals surface area contributed by atoms with Crippen molar-refractivity contribution in [1.82, 2.24) is 0 Å². The average Bonchev–Trinajstić information content (AvgIpc) is 2.11. The lowest BCUT2D eigenvalue weighted by Gasteiger charge is -2.24. The number of carbonyl (C=O) groups excluding carboxylic acids is 1. The van der Waals surface area contributed by atoms with E-state index in [1.807, 2.05) is 0 Å². The average molecular weight is 195 g/mol. The van der Waals surface area contributed by atoms with E-state index in [4.69, 9.17) is 5.73 Å². The lowest BCUT2D eigenvalue weighted by atomic mass is 9.81. The largest absolute Gasteiger partial charge is 0.369 e. The summed E-state index contributed by atoms with van der Waals surface area (Å²) in [4.78, 5) is 11.2. The molecule has 2 N–H and O–H groups in total. The SMILES string of the molecule is C/C1=C(\C)CC[C@H](C(N)=O)C(C)CC1. The second-order valence-electron chi connectivity index (χ2n) is 4.62. The van der Waals surface area contributed by atoms with Gasteiger partial charge in [0.2, 0.25) is 5.91 Å². The molecule has 0 bridgehead atoms. The molecule has 0 aromatic carbocycles. The summed E-state index contributed by atoms with van der Waals surface area (Å²) in [6.07, 6.45) is 4.18. The minimum absolute atomic E-state index is 0.0815. The minimum atomic E-state index is -0.121. The van der Waals surface area contributed by atoms with Crippen LogP contribution in [0, 0.1) is 11.8 Å². The van der Waals surface area contributed by atoms with Gasteiger partial charge in [-0.05, 0) is 45.4 Å². The Morgan fingerprint density at radius 1 is 1.21 bits per heavy atom. The third kappa shape index (κ3) is 2.60. The molecule has 1 aliphatic rings. The first kappa shape index (κ1) is 11.3. The maximum Gasteiger partial charge on any atom is 0.220 e. The number of nitrogens with two attached hydrogens (primary N) is 1. The molecule has 0 aromatic rings. The van der Waals surface area contributed by atoms with E-state index in [0.717, 1.165) is 25.7 Å². The molecule has 2 heteroatoms. The Morgan fingerprint density at radius 3 is 2.21 bits per heavy atom. The highest BCUT2D eigenvalue weighted by atomic mass is 16.1. The van der Waals surface area contributed by atoms with E-state index < -0.39 is 0 Å². The molecule has 0 fully saturated rings. The van der Waals surface area contributed by atoms with Crippen LogP contribution < -0.4 is 5.73 Å². The normalized spacial score (nSPS) is 34.8. The summed E-state index contributed by atoms with van der Waals surface area (Å²) in [5, 5.41) is 0. The summed E-state index contributed by atoms with van der Waals surface area (Å²) in [6, 6.07) is 0. The van der Waals surface area contributed by atoms with Gasteiger partial charge in [-0.3, -0.25) is 4.79 Å². The molecule has 0 aliphatic heterocycles. The highest BCUT2D eigenvalue weighted by molar-refractivity contribution is 5.76. The fraction of sp³-hybridized carbons (Fsp3) is 0.750. The zero-order valence-electron chi connectivity index (χ0n) is 9.47. The molecule has 14 heavy (non-hydrogen) atoms. The van der Waals surface area contributed by atoms with Crippen molar-refractivity contribution in [2.75, 3.05) is 0 Å². The van der Waals surface area contributed by atoms with Crippen LogP contribution in [-0.4, -0.2) is 5.91 Å². The molecule has 0 aromatic heterocycles. The van der Waals surface area contributed by atoms with Crippen LogP contribution >= 0.6 is 0 Å².